The second-order valence-corrected chi connectivity index (χ2v) is 6.76. The Hall–Kier alpha value is -1.51. The van der Waals surface area contributed by atoms with Crippen LogP contribution in [0.15, 0.2) is 35.3 Å². The molecule has 2 aliphatic carbocycles. The summed E-state index contributed by atoms with van der Waals surface area (Å²) in [5, 5.41) is 9.58. The van der Waals surface area contributed by atoms with E-state index in [9.17, 15) is 9.90 Å². The maximum atomic E-state index is 11.5. The number of carbonyl (C=O) groups excluding carboxylic acids is 1. The number of hydrogen-bond donors (Lipinski definition) is 1. The molecule has 0 saturated heterocycles. The summed E-state index contributed by atoms with van der Waals surface area (Å²) in [4.78, 5) is 11.5. The Bertz CT molecular complexity index is 536. The minimum absolute atomic E-state index is 0.177. The summed E-state index contributed by atoms with van der Waals surface area (Å²) in [6.45, 7) is 6.67. The van der Waals surface area contributed by atoms with Gasteiger partial charge in [0.2, 0.25) is 5.78 Å². The van der Waals surface area contributed by atoms with E-state index in [2.05, 4.69) is 26.8 Å². The number of allylic oxidation sites excluding steroid dienone is 2. The molecule has 0 aromatic heterocycles. The van der Waals surface area contributed by atoms with Gasteiger partial charge in [0.05, 0.1) is 0 Å². The van der Waals surface area contributed by atoms with Crippen molar-refractivity contribution in [3.63, 3.8) is 0 Å². The topological polar surface area (TPSA) is 46.5 Å². The van der Waals surface area contributed by atoms with Crippen LogP contribution >= 0.6 is 0 Å². The highest BCUT2D eigenvalue weighted by Crippen LogP contribution is 2.53. The summed E-state index contributed by atoms with van der Waals surface area (Å²) in [7, 11) is 0. The molecule has 2 atom stereocenters. The molecule has 0 aromatic rings. The molecule has 3 aliphatic rings. The van der Waals surface area contributed by atoms with Crippen LogP contribution in [0.1, 0.15) is 40.0 Å². The fourth-order valence-electron chi connectivity index (χ4n) is 3.76. The van der Waals surface area contributed by atoms with Crippen LogP contribution in [0.25, 0.3) is 0 Å². The number of aliphatic hydroxyl groups is 1. The fourth-order valence-corrected chi connectivity index (χ4v) is 3.76. The quantitative estimate of drug-likeness (QED) is 0.725. The van der Waals surface area contributed by atoms with Crippen molar-refractivity contribution in [1.82, 2.24) is 0 Å². The molecule has 102 valence electrons. The third kappa shape index (κ3) is 1.83. The zero-order valence-electron chi connectivity index (χ0n) is 11.7. The number of ether oxygens (including phenoxy) is 1. The van der Waals surface area contributed by atoms with Gasteiger partial charge >= 0.3 is 0 Å². The summed E-state index contributed by atoms with van der Waals surface area (Å²) in [5.41, 5.74) is 0.781. The zero-order chi connectivity index (χ0) is 13.8. The predicted molar refractivity (Wildman–Crippen MR) is 72.5 cm³/mol. The van der Waals surface area contributed by atoms with Gasteiger partial charge in [-0.25, -0.2) is 0 Å². The monoisotopic (exact) mass is 260 g/mol. The van der Waals surface area contributed by atoms with Crippen molar-refractivity contribution in [3.8, 4) is 0 Å². The van der Waals surface area contributed by atoms with Gasteiger partial charge in [0, 0.05) is 17.6 Å². The molecule has 0 aromatic carbocycles. The molecule has 0 bridgehead atoms. The number of rotatable bonds is 0. The van der Waals surface area contributed by atoms with Crippen LogP contribution in [-0.4, -0.2) is 16.5 Å². The molecular weight excluding hydrogens is 240 g/mol. The largest absolute Gasteiger partial charge is 0.504 e. The third-order valence-corrected chi connectivity index (χ3v) is 4.77. The highest BCUT2D eigenvalue weighted by molar-refractivity contribution is 6.04. The van der Waals surface area contributed by atoms with E-state index in [-0.39, 0.29) is 22.6 Å². The fraction of sp³-hybridized carbons (Fsp3) is 0.562. The van der Waals surface area contributed by atoms with Crippen molar-refractivity contribution >= 4 is 5.78 Å². The molecule has 1 heterocycles. The summed E-state index contributed by atoms with van der Waals surface area (Å²) < 4.78 is 6.15. The van der Waals surface area contributed by atoms with Gasteiger partial charge in [-0.1, -0.05) is 19.9 Å². The minimum Gasteiger partial charge on any atom is -0.504 e. The molecule has 0 radical (unpaired) electrons. The van der Waals surface area contributed by atoms with Gasteiger partial charge in [-0.15, -0.1) is 0 Å². The van der Waals surface area contributed by atoms with Crippen molar-refractivity contribution in [2.75, 3.05) is 0 Å². The number of aliphatic hydroxyl groups excluding tert-OH is 1. The van der Waals surface area contributed by atoms with Crippen LogP contribution in [0, 0.1) is 11.3 Å². The molecule has 0 amide bonds. The Labute approximate surface area is 113 Å². The van der Waals surface area contributed by atoms with Gasteiger partial charge in [-0.2, -0.15) is 0 Å². The molecular formula is C16H20O3. The average Bonchev–Trinajstić information content (AvgIpc) is 2.29. The van der Waals surface area contributed by atoms with E-state index in [1.807, 2.05) is 0 Å². The minimum atomic E-state index is -0.371. The highest BCUT2D eigenvalue weighted by Gasteiger charge is 2.50. The van der Waals surface area contributed by atoms with Crippen LogP contribution in [0.3, 0.4) is 0 Å². The van der Waals surface area contributed by atoms with Gasteiger partial charge in [0.1, 0.15) is 11.4 Å². The average molecular weight is 260 g/mol. The number of ketones is 1. The lowest BCUT2D eigenvalue weighted by Gasteiger charge is -2.52. The molecule has 3 nitrogen and oxygen atoms in total. The van der Waals surface area contributed by atoms with Crippen molar-refractivity contribution < 1.29 is 14.6 Å². The van der Waals surface area contributed by atoms with E-state index >= 15 is 0 Å². The smallest absolute Gasteiger partial charge is 0.223 e. The lowest BCUT2D eigenvalue weighted by atomic mass is 9.60. The van der Waals surface area contributed by atoms with Gasteiger partial charge in [-0.3, -0.25) is 4.79 Å². The van der Waals surface area contributed by atoms with E-state index in [1.165, 1.54) is 18.6 Å². The van der Waals surface area contributed by atoms with Crippen molar-refractivity contribution in [2.24, 2.45) is 11.3 Å². The highest BCUT2D eigenvalue weighted by atomic mass is 16.5. The lowest BCUT2D eigenvalue weighted by Crippen LogP contribution is -2.50. The standard InChI is InChI=1S/C16H20O3/c1-15(2)5-4-6-16(3)14(15)8-10-7-11(17)12(18)9-13(10)19-16/h7-9,14,17H,4-6H2,1-3H3/t14-,16+/m1/s1. The van der Waals surface area contributed by atoms with Gasteiger partial charge in [-0.05, 0) is 37.7 Å². The molecule has 1 N–H and O–H groups in total. The second kappa shape index (κ2) is 3.75. The third-order valence-electron chi connectivity index (χ3n) is 4.77. The van der Waals surface area contributed by atoms with E-state index in [1.54, 1.807) is 0 Å². The van der Waals surface area contributed by atoms with Gasteiger partial charge in [0.25, 0.3) is 0 Å². The van der Waals surface area contributed by atoms with E-state index in [0.29, 0.717) is 11.7 Å². The SMILES string of the molecule is CC1(C)CCC[C@]2(C)OC3=CC(=O)C(O)=CC3=C[C@H]12. The second-order valence-electron chi connectivity index (χ2n) is 6.76. The Morgan fingerprint density at radius 2 is 2.00 bits per heavy atom. The Morgan fingerprint density at radius 3 is 2.74 bits per heavy atom. The molecule has 1 fully saturated rings. The first-order valence-electron chi connectivity index (χ1n) is 6.90. The molecule has 0 unspecified atom stereocenters. The van der Waals surface area contributed by atoms with Gasteiger partial charge < -0.3 is 9.84 Å². The maximum Gasteiger partial charge on any atom is 0.223 e. The predicted octanol–water partition coefficient (Wildman–Crippen LogP) is 3.44. The van der Waals surface area contributed by atoms with E-state index in [4.69, 9.17) is 4.74 Å². The first-order chi connectivity index (χ1) is 8.82. The summed E-state index contributed by atoms with van der Waals surface area (Å²) in [6.07, 6.45) is 8.44. The Balaban J connectivity index is 2.09. The van der Waals surface area contributed by atoms with E-state index < -0.39 is 0 Å². The first-order valence-corrected chi connectivity index (χ1v) is 6.90. The zero-order valence-corrected chi connectivity index (χ0v) is 11.7. The van der Waals surface area contributed by atoms with Crippen molar-refractivity contribution in [2.45, 2.75) is 45.6 Å². The lowest BCUT2D eigenvalue weighted by molar-refractivity contribution is -0.115. The van der Waals surface area contributed by atoms with Crippen LogP contribution in [0.2, 0.25) is 0 Å². The first kappa shape index (κ1) is 12.5. The summed E-state index contributed by atoms with van der Waals surface area (Å²) in [6, 6.07) is 0. The molecule has 3 heteroatoms. The number of carbonyl (C=O) groups is 1. The molecule has 0 spiro atoms. The van der Waals surface area contributed by atoms with E-state index in [0.717, 1.165) is 18.4 Å². The maximum absolute atomic E-state index is 11.5. The summed E-state index contributed by atoms with van der Waals surface area (Å²) in [5.74, 6) is 0.345. The molecule has 1 saturated carbocycles. The van der Waals surface area contributed by atoms with Crippen molar-refractivity contribution in [3.05, 3.63) is 35.3 Å². The normalized spacial score (nSPS) is 36.3. The summed E-state index contributed by atoms with van der Waals surface area (Å²) >= 11 is 0. The van der Waals surface area contributed by atoms with Gasteiger partial charge in [0.15, 0.2) is 5.76 Å². The van der Waals surface area contributed by atoms with Crippen molar-refractivity contribution in [1.29, 1.82) is 0 Å². The number of fused-ring (bicyclic) bond motifs is 2. The van der Waals surface area contributed by atoms with Crippen LogP contribution < -0.4 is 0 Å². The van der Waals surface area contributed by atoms with Crippen LogP contribution in [0.4, 0.5) is 0 Å². The Morgan fingerprint density at radius 1 is 1.26 bits per heavy atom. The Kier molecular flexibility index (Phi) is 2.47. The molecule has 1 aliphatic heterocycles. The molecule has 3 rings (SSSR count). The van der Waals surface area contributed by atoms with Crippen LogP contribution in [-0.2, 0) is 9.53 Å². The van der Waals surface area contributed by atoms with Crippen LogP contribution in [0.5, 0.6) is 0 Å². The molecule has 19 heavy (non-hydrogen) atoms. The number of hydrogen-bond acceptors (Lipinski definition) is 3.